The third kappa shape index (κ3) is 5.48. The Morgan fingerprint density at radius 1 is 0.868 bits per heavy atom. The Morgan fingerprint density at radius 2 is 1.47 bits per heavy atom. The molecule has 1 atom stereocenters. The zero-order valence-corrected chi connectivity index (χ0v) is 20.6. The smallest absolute Gasteiger partial charge is 0.434 e. The van der Waals surface area contributed by atoms with Crippen LogP contribution < -0.4 is 0 Å². The molecule has 38 heavy (non-hydrogen) atoms. The number of nitrogens with zero attached hydrogens (tertiary/aromatic N) is 2. The fourth-order valence-electron chi connectivity index (χ4n) is 5.07. The van der Waals surface area contributed by atoms with E-state index in [-0.39, 0.29) is 11.6 Å². The maximum atomic E-state index is 13.4. The van der Waals surface area contributed by atoms with Gasteiger partial charge in [0.15, 0.2) is 5.60 Å². The minimum Gasteiger partial charge on any atom is -0.434 e. The van der Waals surface area contributed by atoms with Crippen LogP contribution in [0.1, 0.15) is 49.3 Å². The minimum atomic E-state index is -1.24. The lowest BCUT2D eigenvalue weighted by molar-refractivity contribution is -0.251. The molecular formula is C27H28F2N2O7. The summed E-state index contributed by atoms with van der Waals surface area (Å²) in [6, 6.07) is 12.2. The predicted molar refractivity (Wildman–Crippen MR) is 127 cm³/mol. The van der Waals surface area contributed by atoms with Crippen LogP contribution in [0.5, 0.6) is 0 Å². The maximum absolute atomic E-state index is 13.4. The molecule has 3 fully saturated rings. The first-order valence-electron chi connectivity index (χ1n) is 12.6. The molecule has 0 radical (unpaired) electrons. The molecule has 2 aromatic carbocycles. The fourth-order valence-corrected chi connectivity index (χ4v) is 5.07. The number of halogens is 2. The molecule has 11 heteroatoms. The van der Waals surface area contributed by atoms with Gasteiger partial charge in [0.25, 0.3) is 6.23 Å². The van der Waals surface area contributed by atoms with Crippen molar-refractivity contribution in [3.05, 3.63) is 71.3 Å². The van der Waals surface area contributed by atoms with E-state index >= 15 is 0 Å². The maximum Gasteiger partial charge on any atom is 0.447 e. The second kappa shape index (κ2) is 11.0. The van der Waals surface area contributed by atoms with Crippen molar-refractivity contribution in [3.63, 3.8) is 0 Å². The number of hydrogen-bond acceptors (Lipinski definition) is 8. The van der Waals surface area contributed by atoms with Gasteiger partial charge in [-0.1, -0.05) is 29.3 Å². The number of carbonyl (C=O) groups is 3. The highest BCUT2D eigenvalue weighted by Crippen LogP contribution is 2.41. The molecule has 0 N–H and O–H groups in total. The molecule has 5 rings (SSSR count). The zero-order chi connectivity index (χ0) is 26.7. The van der Waals surface area contributed by atoms with E-state index in [2.05, 4.69) is 4.90 Å². The first-order valence-corrected chi connectivity index (χ1v) is 12.6. The van der Waals surface area contributed by atoms with Crippen LogP contribution in [0.2, 0.25) is 0 Å². The summed E-state index contributed by atoms with van der Waals surface area (Å²) in [5.74, 6) is -3.03. The summed E-state index contributed by atoms with van der Waals surface area (Å²) in [7, 11) is 0. The summed E-state index contributed by atoms with van der Waals surface area (Å²) < 4.78 is 43.6. The average Bonchev–Trinajstić information content (AvgIpc) is 3.16. The number of rotatable bonds is 9. The lowest BCUT2D eigenvalue weighted by Gasteiger charge is -2.40. The van der Waals surface area contributed by atoms with Crippen LogP contribution in [-0.2, 0) is 28.6 Å². The highest BCUT2D eigenvalue weighted by atomic mass is 19.1. The van der Waals surface area contributed by atoms with Gasteiger partial charge >= 0.3 is 18.0 Å². The van der Waals surface area contributed by atoms with Gasteiger partial charge in [0, 0.05) is 32.5 Å². The second-order valence-electron chi connectivity index (χ2n) is 9.65. The number of hydroxylamine groups is 2. The molecule has 9 nitrogen and oxygen atoms in total. The summed E-state index contributed by atoms with van der Waals surface area (Å²) in [4.78, 5) is 42.2. The van der Waals surface area contributed by atoms with Gasteiger partial charge in [0.05, 0.1) is 0 Å². The van der Waals surface area contributed by atoms with Gasteiger partial charge in [-0.25, -0.2) is 23.2 Å². The van der Waals surface area contributed by atoms with Crippen molar-refractivity contribution in [2.45, 2.75) is 50.0 Å². The van der Waals surface area contributed by atoms with Crippen molar-refractivity contribution >= 4 is 18.0 Å². The third-order valence-electron chi connectivity index (χ3n) is 7.15. The molecule has 3 aliphatic rings. The zero-order valence-electron chi connectivity index (χ0n) is 20.6. The number of likely N-dealkylation sites (tertiary alicyclic amines) is 1. The lowest BCUT2D eigenvalue weighted by atomic mass is 9.89. The Labute approximate surface area is 218 Å². The first kappa shape index (κ1) is 26.1. The molecule has 3 aliphatic heterocycles. The van der Waals surface area contributed by atoms with Gasteiger partial charge in [0.2, 0.25) is 0 Å². The monoisotopic (exact) mass is 530 g/mol. The van der Waals surface area contributed by atoms with E-state index in [1.54, 1.807) is 24.3 Å². The fraction of sp³-hybridized carbons (Fsp3) is 0.444. The Balaban J connectivity index is 1.06. The van der Waals surface area contributed by atoms with Gasteiger partial charge in [-0.2, -0.15) is 0 Å². The molecule has 0 aliphatic carbocycles. The van der Waals surface area contributed by atoms with Gasteiger partial charge < -0.3 is 23.9 Å². The van der Waals surface area contributed by atoms with Crippen molar-refractivity contribution in [3.8, 4) is 0 Å². The van der Waals surface area contributed by atoms with Crippen molar-refractivity contribution in [1.82, 2.24) is 9.96 Å². The number of amides is 1. The minimum absolute atomic E-state index is 0.332. The lowest BCUT2D eigenvalue weighted by Crippen LogP contribution is -2.57. The highest BCUT2D eigenvalue weighted by molar-refractivity contribution is 6.30. The molecule has 0 saturated carbocycles. The molecule has 0 aromatic heterocycles. The Hall–Kier alpha value is -3.57. The quantitative estimate of drug-likeness (QED) is 0.274. The van der Waals surface area contributed by atoms with E-state index in [1.807, 2.05) is 0 Å². The van der Waals surface area contributed by atoms with E-state index in [1.165, 1.54) is 24.3 Å². The standard InChI is InChI=1S/C27H28F2N2O7/c28-20-8-4-18(5-9-20)22(19-6-10-21(29)11-7-19)35-17-3-1-2-14-30-15-12-27(13-16-30)25-31(26(34)37-27)38-24(33)23(32)36-25/h4-11,22,25H,1-3,12-17H2. The van der Waals surface area contributed by atoms with Crippen molar-refractivity contribution < 1.29 is 42.2 Å². The molecule has 3 heterocycles. The summed E-state index contributed by atoms with van der Waals surface area (Å²) in [5, 5.41) is 0.713. The number of piperidine rings is 1. The van der Waals surface area contributed by atoms with E-state index in [0.717, 1.165) is 36.9 Å². The highest BCUT2D eigenvalue weighted by Gasteiger charge is 2.62. The topological polar surface area (TPSA) is 94.6 Å². The molecule has 1 amide bonds. The number of ether oxygens (including phenoxy) is 3. The summed E-state index contributed by atoms with van der Waals surface area (Å²) >= 11 is 0. The van der Waals surface area contributed by atoms with Crippen LogP contribution in [-0.4, -0.2) is 66.1 Å². The number of unbranched alkanes of at least 4 members (excludes halogenated alkanes) is 2. The molecule has 0 bridgehead atoms. The van der Waals surface area contributed by atoms with E-state index in [4.69, 9.17) is 19.0 Å². The molecule has 202 valence electrons. The normalized spacial score (nSPS) is 20.9. The molecular weight excluding hydrogens is 502 g/mol. The van der Waals surface area contributed by atoms with Gasteiger partial charge in [-0.05, 0) is 61.2 Å². The predicted octanol–water partition coefficient (Wildman–Crippen LogP) is 3.87. The number of hydrogen-bond donors (Lipinski definition) is 0. The average molecular weight is 531 g/mol. The van der Waals surface area contributed by atoms with Crippen LogP contribution in [0.4, 0.5) is 13.6 Å². The van der Waals surface area contributed by atoms with Crippen LogP contribution >= 0.6 is 0 Å². The second-order valence-corrected chi connectivity index (χ2v) is 9.65. The van der Waals surface area contributed by atoms with Crippen molar-refractivity contribution in [2.24, 2.45) is 0 Å². The van der Waals surface area contributed by atoms with Crippen LogP contribution in [0.3, 0.4) is 0 Å². The number of benzene rings is 2. The van der Waals surface area contributed by atoms with Crippen LogP contribution in [0.15, 0.2) is 48.5 Å². The summed E-state index contributed by atoms with van der Waals surface area (Å²) in [6.07, 6.45) is 1.24. The number of carbonyl (C=O) groups excluding carboxylic acids is 3. The van der Waals surface area contributed by atoms with E-state index in [0.29, 0.717) is 37.6 Å². The van der Waals surface area contributed by atoms with Crippen LogP contribution in [0, 0.1) is 11.6 Å². The van der Waals surface area contributed by atoms with Gasteiger partial charge in [0.1, 0.15) is 17.7 Å². The Morgan fingerprint density at radius 3 is 2.08 bits per heavy atom. The first-order chi connectivity index (χ1) is 18.3. The van der Waals surface area contributed by atoms with Crippen LogP contribution in [0.25, 0.3) is 0 Å². The summed E-state index contributed by atoms with van der Waals surface area (Å²) in [5.41, 5.74) is 0.572. The van der Waals surface area contributed by atoms with E-state index in [9.17, 15) is 23.2 Å². The molecule has 3 saturated heterocycles. The Kier molecular flexibility index (Phi) is 7.57. The molecule has 1 unspecified atom stereocenters. The molecule has 1 spiro atoms. The van der Waals surface area contributed by atoms with Crippen molar-refractivity contribution in [2.75, 3.05) is 26.2 Å². The van der Waals surface area contributed by atoms with Crippen molar-refractivity contribution in [1.29, 1.82) is 0 Å². The third-order valence-corrected chi connectivity index (χ3v) is 7.15. The Bertz CT molecular complexity index is 1120. The SMILES string of the molecule is O=C1OC2N(OC1=O)C(=O)OC21CCN(CCCCCOC(c2ccc(F)cc2)c2ccc(F)cc2)CC1. The number of esters is 1. The van der Waals surface area contributed by atoms with E-state index < -0.39 is 36.0 Å². The van der Waals surface area contributed by atoms with Gasteiger partial charge in [-0.15, -0.1) is 0 Å². The number of fused-ring (bicyclic) bond motifs is 2. The van der Waals surface area contributed by atoms with Gasteiger partial charge in [-0.3, -0.25) is 0 Å². The summed E-state index contributed by atoms with van der Waals surface area (Å²) in [6.45, 7) is 2.60. The largest absolute Gasteiger partial charge is 0.447 e. The molecule has 2 aromatic rings.